The van der Waals surface area contributed by atoms with E-state index in [0.717, 1.165) is 27.1 Å². The van der Waals surface area contributed by atoms with Crippen LogP contribution in [0.4, 0.5) is 0 Å². The number of ether oxygens (including phenoxy) is 1. The highest BCUT2D eigenvalue weighted by molar-refractivity contribution is 7.99. The predicted molar refractivity (Wildman–Crippen MR) is 87.6 cm³/mol. The monoisotopic (exact) mass is 322 g/mol. The fourth-order valence-electron chi connectivity index (χ4n) is 1.71. The molecule has 1 heterocycles. The minimum atomic E-state index is -0.145. The van der Waals surface area contributed by atoms with Gasteiger partial charge in [-0.3, -0.25) is 0 Å². The second-order valence-electron chi connectivity index (χ2n) is 5.77. The SMILES string of the molecule is COc1ccccc1Sc1nc(C(C)(C)C)nc(Cl)c1C. The summed E-state index contributed by atoms with van der Waals surface area (Å²) < 4.78 is 5.39. The highest BCUT2D eigenvalue weighted by Gasteiger charge is 2.21. The van der Waals surface area contributed by atoms with E-state index < -0.39 is 0 Å². The summed E-state index contributed by atoms with van der Waals surface area (Å²) in [6.45, 7) is 8.16. The number of rotatable bonds is 3. The highest BCUT2D eigenvalue weighted by Crippen LogP contribution is 2.37. The summed E-state index contributed by atoms with van der Waals surface area (Å²) in [6.07, 6.45) is 0. The fourth-order valence-corrected chi connectivity index (χ4v) is 2.93. The van der Waals surface area contributed by atoms with E-state index in [2.05, 4.69) is 30.7 Å². The molecule has 0 fully saturated rings. The van der Waals surface area contributed by atoms with Gasteiger partial charge in [-0.2, -0.15) is 0 Å². The zero-order valence-electron chi connectivity index (χ0n) is 12.9. The van der Waals surface area contributed by atoms with Crippen LogP contribution in [0.15, 0.2) is 34.2 Å². The van der Waals surface area contributed by atoms with Crippen LogP contribution in [0.5, 0.6) is 5.75 Å². The van der Waals surface area contributed by atoms with Crippen molar-refractivity contribution in [3.05, 3.63) is 40.8 Å². The van der Waals surface area contributed by atoms with Crippen LogP contribution in [0.3, 0.4) is 0 Å². The van der Waals surface area contributed by atoms with E-state index in [9.17, 15) is 0 Å². The van der Waals surface area contributed by atoms with Crippen LogP contribution in [0, 0.1) is 6.92 Å². The second-order valence-corrected chi connectivity index (χ2v) is 7.16. The van der Waals surface area contributed by atoms with Gasteiger partial charge in [0, 0.05) is 11.0 Å². The van der Waals surface area contributed by atoms with E-state index in [1.165, 1.54) is 0 Å². The van der Waals surface area contributed by atoms with Crippen LogP contribution in [-0.4, -0.2) is 17.1 Å². The van der Waals surface area contributed by atoms with Crippen molar-refractivity contribution in [1.82, 2.24) is 9.97 Å². The van der Waals surface area contributed by atoms with E-state index in [0.29, 0.717) is 5.15 Å². The lowest BCUT2D eigenvalue weighted by Crippen LogP contribution is -2.17. The van der Waals surface area contributed by atoms with Crippen molar-refractivity contribution in [2.24, 2.45) is 0 Å². The predicted octanol–water partition coefficient (Wildman–Crippen LogP) is 4.90. The molecule has 21 heavy (non-hydrogen) atoms. The Morgan fingerprint density at radius 3 is 2.43 bits per heavy atom. The molecule has 0 aliphatic carbocycles. The van der Waals surface area contributed by atoms with Crippen molar-refractivity contribution in [2.45, 2.75) is 43.0 Å². The number of aromatic nitrogens is 2. The molecule has 0 N–H and O–H groups in total. The number of nitrogens with zero attached hydrogens (tertiary/aromatic N) is 2. The number of hydrogen-bond acceptors (Lipinski definition) is 4. The molecule has 0 spiro atoms. The van der Waals surface area contributed by atoms with Gasteiger partial charge < -0.3 is 4.74 Å². The molecule has 0 bridgehead atoms. The maximum absolute atomic E-state index is 6.27. The lowest BCUT2D eigenvalue weighted by molar-refractivity contribution is 0.405. The fraction of sp³-hybridized carbons (Fsp3) is 0.375. The molecular formula is C16H19ClN2OS. The van der Waals surface area contributed by atoms with Crippen LogP contribution in [-0.2, 0) is 5.41 Å². The molecule has 0 saturated heterocycles. The van der Waals surface area contributed by atoms with Crippen molar-refractivity contribution >= 4 is 23.4 Å². The number of hydrogen-bond donors (Lipinski definition) is 0. The third-order valence-electron chi connectivity index (χ3n) is 2.99. The Hall–Kier alpha value is -1.26. The molecule has 1 aromatic heterocycles. The van der Waals surface area contributed by atoms with Gasteiger partial charge in [-0.25, -0.2) is 9.97 Å². The molecule has 0 radical (unpaired) electrons. The van der Waals surface area contributed by atoms with E-state index >= 15 is 0 Å². The second kappa shape index (κ2) is 6.24. The van der Waals surface area contributed by atoms with Gasteiger partial charge in [-0.1, -0.05) is 56.3 Å². The summed E-state index contributed by atoms with van der Waals surface area (Å²) in [5.74, 6) is 1.57. The molecule has 2 rings (SSSR count). The van der Waals surface area contributed by atoms with Gasteiger partial charge in [-0.15, -0.1) is 0 Å². The summed E-state index contributed by atoms with van der Waals surface area (Å²) >= 11 is 7.82. The van der Waals surface area contributed by atoms with E-state index in [1.807, 2.05) is 31.2 Å². The highest BCUT2D eigenvalue weighted by atomic mass is 35.5. The molecule has 0 aliphatic heterocycles. The molecule has 5 heteroatoms. The molecule has 2 aromatic rings. The molecule has 112 valence electrons. The molecular weight excluding hydrogens is 304 g/mol. The summed E-state index contributed by atoms with van der Waals surface area (Å²) in [7, 11) is 1.67. The Morgan fingerprint density at radius 1 is 1.14 bits per heavy atom. The average molecular weight is 323 g/mol. The summed E-state index contributed by atoms with van der Waals surface area (Å²) in [5, 5.41) is 1.37. The van der Waals surface area contributed by atoms with Gasteiger partial charge in [0.05, 0.1) is 12.0 Å². The Kier molecular flexibility index (Phi) is 4.79. The quantitative estimate of drug-likeness (QED) is 0.753. The number of benzene rings is 1. The topological polar surface area (TPSA) is 35.0 Å². The van der Waals surface area contributed by atoms with Crippen molar-refractivity contribution in [1.29, 1.82) is 0 Å². The van der Waals surface area contributed by atoms with Crippen molar-refractivity contribution in [3.8, 4) is 5.75 Å². The normalized spacial score (nSPS) is 11.5. The molecule has 0 saturated carbocycles. The smallest absolute Gasteiger partial charge is 0.136 e. The summed E-state index contributed by atoms with van der Waals surface area (Å²) in [5.41, 5.74) is 0.744. The first-order valence-corrected chi connectivity index (χ1v) is 7.88. The number of methoxy groups -OCH3 is 1. The van der Waals surface area contributed by atoms with Gasteiger partial charge in [0.25, 0.3) is 0 Å². The first-order valence-electron chi connectivity index (χ1n) is 6.68. The van der Waals surface area contributed by atoms with Crippen molar-refractivity contribution in [3.63, 3.8) is 0 Å². The minimum absolute atomic E-state index is 0.145. The van der Waals surface area contributed by atoms with Gasteiger partial charge in [0.1, 0.15) is 21.8 Å². The first kappa shape index (κ1) is 16.1. The maximum Gasteiger partial charge on any atom is 0.136 e. The lowest BCUT2D eigenvalue weighted by atomic mass is 9.96. The van der Waals surface area contributed by atoms with E-state index in [4.69, 9.17) is 16.3 Å². The molecule has 0 amide bonds. The minimum Gasteiger partial charge on any atom is -0.496 e. The van der Waals surface area contributed by atoms with Crippen LogP contribution < -0.4 is 4.74 Å². The average Bonchev–Trinajstić information content (AvgIpc) is 2.43. The van der Waals surface area contributed by atoms with Crippen LogP contribution in [0.1, 0.15) is 32.2 Å². The van der Waals surface area contributed by atoms with Gasteiger partial charge in [-0.05, 0) is 19.1 Å². The van der Waals surface area contributed by atoms with E-state index in [-0.39, 0.29) is 5.41 Å². The van der Waals surface area contributed by atoms with Crippen LogP contribution >= 0.6 is 23.4 Å². The maximum atomic E-state index is 6.27. The Labute approximate surface area is 135 Å². The van der Waals surface area contributed by atoms with E-state index in [1.54, 1.807) is 18.9 Å². The van der Waals surface area contributed by atoms with Gasteiger partial charge >= 0.3 is 0 Å². The third-order valence-corrected chi connectivity index (χ3v) is 4.50. The van der Waals surface area contributed by atoms with Gasteiger partial charge in [0.15, 0.2) is 0 Å². The zero-order chi connectivity index (χ0) is 15.6. The Morgan fingerprint density at radius 2 is 1.81 bits per heavy atom. The molecule has 0 unspecified atom stereocenters. The molecule has 0 atom stereocenters. The molecule has 0 aliphatic rings. The standard InChI is InChI=1S/C16H19ClN2OS/c1-10-13(17)18-15(16(2,3)4)19-14(10)21-12-9-7-6-8-11(12)20-5/h6-9H,1-5H3. The van der Waals surface area contributed by atoms with Crippen molar-refractivity contribution < 1.29 is 4.74 Å². The number of para-hydroxylation sites is 1. The molecule has 1 aromatic carbocycles. The van der Waals surface area contributed by atoms with Crippen molar-refractivity contribution in [2.75, 3.05) is 7.11 Å². The first-order chi connectivity index (χ1) is 9.82. The number of halogens is 1. The summed E-state index contributed by atoms with van der Waals surface area (Å²) in [4.78, 5) is 10.1. The third kappa shape index (κ3) is 3.69. The van der Waals surface area contributed by atoms with Crippen LogP contribution in [0.2, 0.25) is 5.15 Å². The Balaban J connectivity index is 2.46. The van der Waals surface area contributed by atoms with Crippen LogP contribution in [0.25, 0.3) is 0 Å². The Bertz CT molecular complexity index is 653. The van der Waals surface area contributed by atoms with Gasteiger partial charge in [0.2, 0.25) is 0 Å². The summed E-state index contributed by atoms with van der Waals surface area (Å²) in [6, 6.07) is 7.87. The zero-order valence-corrected chi connectivity index (χ0v) is 14.5. The molecule has 3 nitrogen and oxygen atoms in total. The lowest BCUT2D eigenvalue weighted by Gasteiger charge is -2.19. The largest absolute Gasteiger partial charge is 0.496 e.